The fourth-order valence-electron chi connectivity index (χ4n) is 3.96. The minimum atomic E-state index is -0.647. The van der Waals surface area contributed by atoms with Gasteiger partial charge in [-0.15, -0.1) is 0 Å². The van der Waals surface area contributed by atoms with E-state index in [1.54, 1.807) is 12.1 Å². The molecule has 1 aromatic rings. The first kappa shape index (κ1) is 21.4. The van der Waals surface area contributed by atoms with Crippen molar-refractivity contribution in [1.82, 2.24) is 15.1 Å². The molecule has 0 unspecified atom stereocenters. The van der Waals surface area contributed by atoms with Gasteiger partial charge in [-0.1, -0.05) is 12.5 Å². The van der Waals surface area contributed by atoms with Crippen LogP contribution in [0.4, 0.5) is 4.79 Å². The molecule has 0 radical (unpaired) electrons. The summed E-state index contributed by atoms with van der Waals surface area (Å²) in [5, 5.41) is 12.8. The number of carbonyl (C=O) groups is 2. The van der Waals surface area contributed by atoms with Crippen LogP contribution in [-0.2, 0) is 22.5 Å². The smallest absolute Gasteiger partial charge is 0.411 e. The fraction of sp³-hybridized carbons (Fsp3) is 0.636. The first-order valence-corrected chi connectivity index (χ1v) is 10.5. The molecule has 0 spiro atoms. The zero-order chi connectivity index (χ0) is 21.0. The van der Waals surface area contributed by atoms with Crippen LogP contribution in [0.5, 0.6) is 5.75 Å². The Morgan fingerprint density at radius 1 is 1.17 bits per heavy atom. The van der Waals surface area contributed by atoms with Crippen LogP contribution in [0, 0.1) is 0 Å². The molecule has 7 nitrogen and oxygen atoms in total. The lowest BCUT2D eigenvalue weighted by atomic mass is 9.93. The number of likely N-dealkylation sites (tertiary alicyclic amines) is 1. The monoisotopic (exact) mass is 403 g/mol. The van der Waals surface area contributed by atoms with Crippen molar-refractivity contribution in [3.05, 3.63) is 29.3 Å². The lowest BCUT2D eigenvalue weighted by Gasteiger charge is -2.37. The SMILES string of the molecule is CC(C)(C)OC(=O)N1Cc2cc(O)ccc2C[C@@H]1C(=O)NCCN1CCCCC1. The van der Waals surface area contributed by atoms with E-state index in [-0.39, 0.29) is 18.2 Å². The largest absolute Gasteiger partial charge is 0.508 e. The molecule has 29 heavy (non-hydrogen) atoms. The molecule has 2 aliphatic heterocycles. The van der Waals surface area contributed by atoms with Crippen LogP contribution in [0.25, 0.3) is 0 Å². The number of piperidine rings is 1. The van der Waals surface area contributed by atoms with Crippen LogP contribution < -0.4 is 5.32 Å². The Hall–Kier alpha value is -2.28. The normalized spacial score (nSPS) is 20.1. The molecule has 7 heteroatoms. The van der Waals surface area contributed by atoms with E-state index in [9.17, 15) is 14.7 Å². The molecule has 1 fully saturated rings. The van der Waals surface area contributed by atoms with E-state index < -0.39 is 17.7 Å². The number of benzene rings is 1. The van der Waals surface area contributed by atoms with Gasteiger partial charge in [-0.05, 0) is 70.0 Å². The van der Waals surface area contributed by atoms with Gasteiger partial charge < -0.3 is 20.1 Å². The maximum atomic E-state index is 13.0. The number of nitrogens with one attached hydrogen (secondary N) is 1. The number of aromatic hydroxyl groups is 1. The molecular weight excluding hydrogens is 370 g/mol. The van der Waals surface area contributed by atoms with Crippen molar-refractivity contribution in [1.29, 1.82) is 0 Å². The molecule has 3 rings (SSSR count). The first-order valence-electron chi connectivity index (χ1n) is 10.5. The molecule has 2 N–H and O–H groups in total. The Morgan fingerprint density at radius 3 is 2.59 bits per heavy atom. The van der Waals surface area contributed by atoms with Crippen molar-refractivity contribution in [2.75, 3.05) is 26.2 Å². The summed E-state index contributed by atoms with van der Waals surface area (Å²) in [7, 11) is 0. The number of phenolic OH excluding ortho intramolecular Hbond substituents is 1. The molecular formula is C22H33N3O4. The van der Waals surface area contributed by atoms with E-state index in [1.165, 1.54) is 24.2 Å². The molecule has 0 saturated carbocycles. The van der Waals surface area contributed by atoms with Gasteiger partial charge in [0.25, 0.3) is 0 Å². The number of hydrogen-bond acceptors (Lipinski definition) is 5. The Morgan fingerprint density at radius 2 is 1.90 bits per heavy atom. The summed E-state index contributed by atoms with van der Waals surface area (Å²) < 4.78 is 5.54. The van der Waals surface area contributed by atoms with Crippen molar-refractivity contribution >= 4 is 12.0 Å². The van der Waals surface area contributed by atoms with Crippen molar-refractivity contribution in [3.8, 4) is 5.75 Å². The van der Waals surface area contributed by atoms with Gasteiger partial charge >= 0.3 is 6.09 Å². The number of fused-ring (bicyclic) bond motifs is 1. The van der Waals surface area contributed by atoms with Gasteiger partial charge in [0.2, 0.25) is 5.91 Å². The highest BCUT2D eigenvalue weighted by Gasteiger charge is 2.37. The predicted octanol–water partition coefficient (Wildman–Crippen LogP) is 2.66. The van der Waals surface area contributed by atoms with Gasteiger partial charge in [0.15, 0.2) is 0 Å². The summed E-state index contributed by atoms with van der Waals surface area (Å²) in [6.45, 7) is 9.23. The van der Waals surface area contributed by atoms with Gasteiger partial charge in [0.1, 0.15) is 17.4 Å². The van der Waals surface area contributed by atoms with E-state index in [0.29, 0.717) is 13.0 Å². The maximum absolute atomic E-state index is 13.0. The van der Waals surface area contributed by atoms with Gasteiger partial charge in [0, 0.05) is 19.5 Å². The quantitative estimate of drug-likeness (QED) is 0.808. The topological polar surface area (TPSA) is 82.1 Å². The second kappa shape index (κ2) is 9.03. The van der Waals surface area contributed by atoms with Crippen LogP contribution in [0.2, 0.25) is 0 Å². The zero-order valence-electron chi connectivity index (χ0n) is 17.7. The summed E-state index contributed by atoms with van der Waals surface area (Å²) in [6.07, 6.45) is 3.61. The lowest BCUT2D eigenvalue weighted by molar-refractivity contribution is -0.127. The van der Waals surface area contributed by atoms with Crippen molar-refractivity contribution in [2.45, 2.75) is 64.6 Å². The summed E-state index contributed by atoms with van der Waals surface area (Å²) in [4.78, 5) is 29.6. The zero-order valence-corrected chi connectivity index (χ0v) is 17.7. The number of carbonyl (C=O) groups excluding carboxylic acids is 2. The second-order valence-corrected chi connectivity index (χ2v) is 8.97. The molecule has 1 atom stereocenters. The van der Waals surface area contributed by atoms with Gasteiger partial charge in [-0.3, -0.25) is 9.69 Å². The highest BCUT2D eigenvalue weighted by molar-refractivity contribution is 5.86. The summed E-state index contributed by atoms with van der Waals surface area (Å²) in [5.41, 5.74) is 1.16. The van der Waals surface area contributed by atoms with Crippen LogP contribution in [-0.4, -0.2) is 64.7 Å². The van der Waals surface area contributed by atoms with Crippen LogP contribution >= 0.6 is 0 Å². The average molecular weight is 404 g/mol. The van der Waals surface area contributed by atoms with E-state index in [1.807, 2.05) is 26.8 Å². The Labute approximate surface area is 173 Å². The van der Waals surface area contributed by atoms with Crippen LogP contribution in [0.1, 0.15) is 51.2 Å². The molecule has 1 saturated heterocycles. The lowest BCUT2D eigenvalue weighted by Crippen LogP contribution is -2.54. The Bertz CT molecular complexity index is 738. The number of rotatable bonds is 4. The summed E-state index contributed by atoms with van der Waals surface area (Å²) in [6, 6.07) is 4.47. The second-order valence-electron chi connectivity index (χ2n) is 8.97. The molecule has 160 valence electrons. The summed E-state index contributed by atoms with van der Waals surface area (Å²) in [5.74, 6) is -0.0103. The highest BCUT2D eigenvalue weighted by atomic mass is 16.6. The summed E-state index contributed by atoms with van der Waals surface area (Å²) >= 11 is 0. The van der Waals surface area contributed by atoms with E-state index in [4.69, 9.17) is 4.74 Å². The Kier molecular flexibility index (Phi) is 6.67. The molecule has 0 bridgehead atoms. The van der Waals surface area contributed by atoms with Crippen molar-refractivity contribution in [2.24, 2.45) is 0 Å². The third-order valence-electron chi connectivity index (χ3n) is 5.43. The number of phenols is 1. The van der Waals surface area contributed by atoms with Crippen LogP contribution in [0.15, 0.2) is 18.2 Å². The minimum Gasteiger partial charge on any atom is -0.508 e. The molecule has 2 amide bonds. The van der Waals surface area contributed by atoms with Gasteiger partial charge in [-0.2, -0.15) is 0 Å². The number of ether oxygens (including phenoxy) is 1. The standard InChI is InChI=1S/C22H33N3O4/c1-22(2,3)29-21(28)25-15-17-13-18(26)8-7-16(17)14-19(25)20(27)23-9-12-24-10-5-4-6-11-24/h7-8,13,19,26H,4-6,9-12,14-15H2,1-3H3,(H,23,27)/t19-/m1/s1. The van der Waals surface area contributed by atoms with Crippen molar-refractivity contribution in [3.63, 3.8) is 0 Å². The average Bonchev–Trinajstić information content (AvgIpc) is 2.66. The number of amides is 2. The molecule has 0 aromatic heterocycles. The van der Waals surface area contributed by atoms with Gasteiger partial charge in [0.05, 0.1) is 6.54 Å². The van der Waals surface area contributed by atoms with E-state index in [0.717, 1.165) is 30.8 Å². The number of hydrogen-bond donors (Lipinski definition) is 2. The van der Waals surface area contributed by atoms with E-state index in [2.05, 4.69) is 10.2 Å². The van der Waals surface area contributed by atoms with Gasteiger partial charge in [-0.25, -0.2) is 4.79 Å². The first-order chi connectivity index (χ1) is 13.7. The molecule has 2 heterocycles. The predicted molar refractivity (Wildman–Crippen MR) is 111 cm³/mol. The highest BCUT2D eigenvalue weighted by Crippen LogP contribution is 2.28. The van der Waals surface area contributed by atoms with Crippen LogP contribution in [0.3, 0.4) is 0 Å². The third-order valence-corrected chi connectivity index (χ3v) is 5.43. The maximum Gasteiger partial charge on any atom is 0.411 e. The third kappa shape index (κ3) is 5.85. The minimum absolute atomic E-state index is 0.150. The molecule has 2 aliphatic rings. The Balaban J connectivity index is 1.69. The molecule has 1 aromatic carbocycles. The fourth-order valence-corrected chi connectivity index (χ4v) is 3.96. The molecule has 0 aliphatic carbocycles. The van der Waals surface area contributed by atoms with E-state index >= 15 is 0 Å². The number of nitrogens with zero attached hydrogens (tertiary/aromatic N) is 2. The van der Waals surface area contributed by atoms with Crippen molar-refractivity contribution < 1.29 is 19.4 Å².